The summed E-state index contributed by atoms with van der Waals surface area (Å²) in [6.45, 7) is 4.02. The molecule has 0 aliphatic carbocycles. The lowest BCUT2D eigenvalue weighted by Crippen LogP contribution is -2.14. The first-order valence-electron chi connectivity index (χ1n) is 7.97. The number of nitrogens with zero attached hydrogens (tertiary/aromatic N) is 5. The number of halogens is 1. The molecule has 1 amide bonds. The molecule has 27 heavy (non-hydrogen) atoms. The van der Waals surface area contributed by atoms with Gasteiger partial charge in [-0.05, 0) is 59.7 Å². The molecule has 0 fully saturated rings. The van der Waals surface area contributed by atoms with Crippen molar-refractivity contribution in [2.24, 2.45) is 0 Å². The number of nitrogens with one attached hydrogen (secondary N) is 1. The number of aromatic nitrogens is 4. The fourth-order valence-electron chi connectivity index (χ4n) is 2.40. The highest BCUT2D eigenvalue weighted by atomic mass is 35.5. The monoisotopic (exact) mass is 398 g/mol. The Labute approximate surface area is 165 Å². The van der Waals surface area contributed by atoms with Crippen LogP contribution in [0.4, 0.5) is 5.69 Å². The second-order valence-corrected chi connectivity index (χ2v) is 7.09. The van der Waals surface area contributed by atoms with Crippen molar-refractivity contribution >= 4 is 35.0 Å². The van der Waals surface area contributed by atoms with Gasteiger partial charge < -0.3 is 5.32 Å². The molecule has 0 unspecified atom stereocenters. The molecule has 7 nitrogen and oxygen atoms in total. The van der Waals surface area contributed by atoms with Crippen molar-refractivity contribution in [2.45, 2.75) is 19.0 Å². The maximum Gasteiger partial charge on any atom is 0.234 e. The molecule has 0 aliphatic rings. The largest absolute Gasteiger partial charge is 0.325 e. The Balaban J connectivity index is 1.68. The van der Waals surface area contributed by atoms with Crippen molar-refractivity contribution in [3.63, 3.8) is 0 Å². The molecule has 9 heteroatoms. The molecule has 0 saturated carbocycles. The van der Waals surface area contributed by atoms with E-state index in [1.807, 2.05) is 38.1 Å². The van der Waals surface area contributed by atoms with Crippen LogP contribution in [0, 0.1) is 25.2 Å². The Kier molecular flexibility index (Phi) is 5.74. The van der Waals surface area contributed by atoms with Crippen LogP contribution >= 0.6 is 23.4 Å². The summed E-state index contributed by atoms with van der Waals surface area (Å²) >= 11 is 7.21. The van der Waals surface area contributed by atoms with Crippen molar-refractivity contribution in [1.29, 1.82) is 5.26 Å². The van der Waals surface area contributed by atoms with Gasteiger partial charge in [-0.1, -0.05) is 35.5 Å². The molecule has 1 N–H and O–H groups in total. The summed E-state index contributed by atoms with van der Waals surface area (Å²) in [6.07, 6.45) is 0. The predicted molar refractivity (Wildman–Crippen MR) is 104 cm³/mol. The number of benzene rings is 2. The summed E-state index contributed by atoms with van der Waals surface area (Å²) < 4.78 is 1.62. The number of hydrogen-bond acceptors (Lipinski definition) is 6. The third-order valence-electron chi connectivity index (χ3n) is 3.95. The van der Waals surface area contributed by atoms with Crippen LogP contribution in [0.5, 0.6) is 0 Å². The van der Waals surface area contributed by atoms with E-state index in [4.69, 9.17) is 16.9 Å². The normalized spacial score (nSPS) is 10.4. The van der Waals surface area contributed by atoms with Gasteiger partial charge in [-0.3, -0.25) is 4.79 Å². The third-order valence-corrected chi connectivity index (χ3v) is 5.18. The fraction of sp³-hybridized carbons (Fsp3) is 0.167. The summed E-state index contributed by atoms with van der Waals surface area (Å²) in [5.74, 6) is -0.0978. The molecule has 0 atom stereocenters. The molecule has 136 valence electrons. The topological polar surface area (TPSA) is 96.5 Å². The van der Waals surface area contributed by atoms with Crippen LogP contribution in [0.1, 0.15) is 16.7 Å². The zero-order valence-electron chi connectivity index (χ0n) is 14.6. The fourth-order valence-corrected chi connectivity index (χ4v) is 3.30. The molecular formula is C18H15ClN6OS. The molecule has 1 aromatic heterocycles. The Morgan fingerprint density at radius 3 is 2.89 bits per heavy atom. The number of aryl methyl sites for hydroxylation is 1. The highest BCUT2D eigenvalue weighted by molar-refractivity contribution is 7.99. The lowest BCUT2D eigenvalue weighted by atomic mass is 10.1. The van der Waals surface area contributed by atoms with Crippen molar-refractivity contribution in [1.82, 2.24) is 20.2 Å². The van der Waals surface area contributed by atoms with Crippen LogP contribution in [0.25, 0.3) is 5.69 Å². The minimum absolute atomic E-state index is 0.128. The number of tetrazole rings is 1. The Morgan fingerprint density at radius 1 is 1.33 bits per heavy atom. The number of carbonyl (C=O) groups is 1. The Hall–Kier alpha value is -2.89. The lowest BCUT2D eigenvalue weighted by Gasteiger charge is -2.09. The molecule has 0 saturated heterocycles. The minimum Gasteiger partial charge on any atom is -0.325 e. The van der Waals surface area contributed by atoms with Crippen LogP contribution in [0.15, 0.2) is 41.6 Å². The van der Waals surface area contributed by atoms with Gasteiger partial charge >= 0.3 is 0 Å². The van der Waals surface area contributed by atoms with Gasteiger partial charge in [0.15, 0.2) is 0 Å². The van der Waals surface area contributed by atoms with Crippen LogP contribution in [-0.2, 0) is 4.79 Å². The number of thioether (sulfide) groups is 1. The van der Waals surface area contributed by atoms with Crippen molar-refractivity contribution < 1.29 is 4.79 Å². The van der Waals surface area contributed by atoms with Crippen LogP contribution in [0.3, 0.4) is 0 Å². The lowest BCUT2D eigenvalue weighted by molar-refractivity contribution is -0.113. The van der Waals surface area contributed by atoms with Crippen LogP contribution in [-0.4, -0.2) is 31.9 Å². The molecule has 2 aromatic carbocycles. The predicted octanol–water partition coefficient (Wildman–Crippen LogP) is 3.54. The zero-order chi connectivity index (χ0) is 19.4. The van der Waals surface area contributed by atoms with E-state index in [1.165, 1.54) is 11.8 Å². The second kappa shape index (κ2) is 8.20. The van der Waals surface area contributed by atoms with E-state index in [-0.39, 0.29) is 11.7 Å². The molecular weight excluding hydrogens is 384 g/mol. The van der Waals surface area contributed by atoms with Gasteiger partial charge in [0.05, 0.1) is 22.0 Å². The molecule has 0 aliphatic heterocycles. The van der Waals surface area contributed by atoms with E-state index in [1.54, 1.807) is 22.9 Å². The van der Waals surface area contributed by atoms with Gasteiger partial charge in [-0.2, -0.15) is 9.94 Å². The van der Waals surface area contributed by atoms with Gasteiger partial charge in [0.2, 0.25) is 11.1 Å². The van der Waals surface area contributed by atoms with Crippen molar-refractivity contribution in [3.8, 4) is 11.8 Å². The summed E-state index contributed by atoms with van der Waals surface area (Å²) in [6, 6.07) is 12.6. The number of nitriles is 1. The first kappa shape index (κ1) is 18.9. The van der Waals surface area contributed by atoms with Gasteiger partial charge in [-0.25, -0.2) is 0 Å². The van der Waals surface area contributed by atoms with E-state index in [0.717, 1.165) is 16.8 Å². The quantitative estimate of drug-likeness (QED) is 0.660. The first-order valence-corrected chi connectivity index (χ1v) is 9.33. The van der Waals surface area contributed by atoms with E-state index in [0.29, 0.717) is 21.4 Å². The number of amides is 1. The highest BCUT2D eigenvalue weighted by Crippen LogP contribution is 2.23. The van der Waals surface area contributed by atoms with Crippen LogP contribution < -0.4 is 5.32 Å². The molecule has 0 spiro atoms. The summed E-state index contributed by atoms with van der Waals surface area (Å²) in [5, 5.41) is 24.2. The van der Waals surface area contributed by atoms with Gasteiger partial charge in [0, 0.05) is 5.69 Å². The Bertz CT molecular complexity index is 1040. The molecule has 0 radical (unpaired) electrons. The second-order valence-electron chi connectivity index (χ2n) is 5.74. The number of rotatable bonds is 5. The molecule has 3 rings (SSSR count). The number of hydrogen-bond donors (Lipinski definition) is 1. The summed E-state index contributed by atoms with van der Waals surface area (Å²) in [5.41, 5.74) is 3.97. The molecule has 3 aromatic rings. The summed E-state index contributed by atoms with van der Waals surface area (Å²) in [7, 11) is 0. The summed E-state index contributed by atoms with van der Waals surface area (Å²) in [4.78, 5) is 12.2. The average Bonchev–Trinajstić information content (AvgIpc) is 3.11. The maximum absolute atomic E-state index is 12.2. The smallest absolute Gasteiger partial charge is 0.234 e. The molecule has 1 heterocycles. The highest BCUT2D eigenvalue weighted by Gasteiger charge is 2.14. The van der Waals surface area contributed by atoms with E-state index in [2.05, 4.69) is 20.8 Å². The van der Waals surface area contributed by atoms with E-state index < -0.39 is 0 Å². The standard InChI is InChI=1S/C18H15ClN6OS/c1-11-4-3-5-16(12(11)2)25-18(22-23-24-25)27-10-17(26)21-14-7-6-13(9-20)15(19)8-14/h3-8H,10H2,1-2H3,(H,21,26). The molecule has 0 bridgehead atoms. The number of anilines is 1. The third kappa shape index (κ3) is 4.27. The first-order chi connectivity index (χ1) is 13.0. The van der Waals surface area contributed by atoms with Gasteiger partial charge in [-0.15, -0.1) is 5.10 Å². The maximum atomic E-state index is 12.2. The van der Waals surface area contributed by atoms with Crippen LogP contribution in [0.2, 0.25) is 5.02 Å². The van der Waals surface area contributed by atoms with Crippen molar-refractivity contribution in [3.05, 3.63) is 58.1 Å². The Morgan fingerprint density at radius 2 is 2.15 bits per heavy atom. The number of carbonyl (C=O) groups excluding carboxylic acids is 1. The van der Waals surface area contributed by atoms with E-state index >= 15 is 0 Å². The average molecular weight is 399 g/mol. The minimum atomic E-state index is -0.226. The zero-order valence-corrected chi connectivity index (χ0v) is 16.2. The SMILES string of the molecule is Cc1cccc(-n2nnnc2SCC(=O)Nc2ccc(C#N)c(Cl)c2)c1C. The van der Waals surface area contributed by atoms with E-state index in [9.17, 15) is 4.79 Å². The van der Waals surface area contributed by atoms with Crippen molar-refractivity contribution in [2.75, 3.05) is 11.1 Å². The van der Waals surface area contributed by atoms with Gasteiger partial charge in [0.25, 0.3) is 0 Å². The van der Waals surface area contributed by atoms with Gasteiger partial charge in [0.1, 0.15) is 6.07 Å².